The Labute approximate surface area is 142 Å². The Morgan fingerprint density at radius 2 is 1.78 bits per heavy atom. The van der Waals surface area contributed by atoms with Gasteiger partial charge >= 0.3 is 0 Å². The van der Waals surface area contributed by atoms with Gasteiger partial charge in [0, 0.05) is 0 Å². The van der Waals surface area contributed by atoms with Gasteiger partial charge in [-0.15, -0.1) is 0 Å². The summed E-state index contributed by atoms with van der Waals surface area (Å²) < 4.78 is 0. The monoisotopic (exact) mass is 314 g/mol. The van der Waals surface area contributed by atoms with Crippen LogP contribution in [0.15, 0.2) is 23.3 Å². The minimum atomic E-state index is -0.102. The summed E-state index contributed by atoms with van der Waals surface area (Å²) >= 11 is 0. The van der Waals surface area contributed by atoms with E-state index in [2.05, 4.69) is 39.8 Å². The molecule has 0 radical (unpaired) electrons. The summed E-state index contributed by atoms with van der Waals surface area (Å²) in [6.07, 6.45) is 13.5. The third-order valence-corrected chi connectivity index (χ3v) is 8.42. The van der Waals surface area contributed by atoms with Gasteiger partial charge in [-0.1, -0.05) is 51.0 Å². The third-order valence-electron chi connectivity index (χ3n) is 8.42. The molecule has 4 aliphatic rings. The molecule has 1 nitrogen and oxygen atoms in total. The molecule has 128 valence electrons. The molecule has 6 atom stereocenters. The van der Waals surface area contributed by atoms with Crippen LogP contribution in [0.4, 0.5) is 0 Å². The first-order valence-corrected chi connectivity index (χ1v) is 9.95. The van der Waals surface area contributed by atoms with E-state index >= 15 is 0 Å². The SMILES string of the molecule is CC(C)[C@H]1CCC2C3=CC=C4C[C@@H](O)CC[C@]4(C)C3CC[C@@]21C. The van der Waals surface area contributed by atoms with Crippen molar-refractivity contribution in [3.63, 3.8) is 0 Å². The molecule has 2 unspecified atom stereocenters. The fourth-order valence-corrected chi connectivity index (χ4v) is 7.12. The smallest absolute Gasteiger partial charge is 0.0578 e. The van der Waals surface area contributed by atoms with Gasteiger partial charge in [-0.2, -0.15) is 0 Å². The molecule has 0 amide bonds. The first-order valence-electron chi connectivity index (χ1n) is 9.95. The molecule has 0 aliphatic heterocycles. The Kier molecular flexibility index (Phi) is 3.61. The second-order valence-corrected chi connectivity index (χ2v) is 9.75. The fourth-order valence-electron chi connectivity index (χ4n) is 7.12. The Hall–Kier alpha value is -0.560. The Morgan fingerprint density at radius 3 is 2.52 bits per heavy atom. The highest BCUT2D eigenvalue weighted by Crippen LogP contribution is 2.65. The number of hydrogen-bond donors (Lipinski definition) is 1. The minimum Gasteiger partial charge on any atom is -0.393 e. The lowest BCUT2D eigenvalue weighted by Gasteiger charge is -2.55. The van der Waals surface area contributed by atoms with E-state index in [1.54, 1.807) is 5.57 Å². The second kappa shape index (κ2) is 5.22. The van der Waals surface area contributed by atoms with Crippen LogP contribution < -0.4 is 0 Å². The zero-order valence-electron chi connectivity index (χ0n) is 15.4. The number of aliphatic hydroxyl groups is 1. The predicted molar refractivity (Wildman–Crippen MR) is 96.0 cm³/mol. The fraction of sp³-hybridized carbons (Fsp3) is 0.818. The van der Waals surface area contributed by atoms with E-state index < -0.39 is 0 Å². The van der Waals surface area contributed by atoms with Gasteiger partial charge in [0.1, 0.15) is 0 Å². The summed E-state index contributed by atoms with van der Waals surface area (Å²) in [6, 6.07) is 0. The van der Waals surface area contributed by atoms with Crippen molar-refractivity contribution in [1.29, 1.82) is 0 Å². The van der Waals surface area contributed by atoms with Crippen LogP contribution in [0.3, 0.4) is 0 Å². The van der Waals surface area contributed by atoms with Crippen molar-refractivity contribution in [2.45, 2.75) is 78.7 Å². The van der Waals surface area contributed by atoms with Crippen molar-refractivity contribution < 1.29 is 5.11 Å². The van der Waals surface area contributed by atoms with Crippen LogP contribution in [0.5, 0.6) is 0 Å². The number of allylic oxidation sites excluding steroid dienone is 3. The zero-order chi connectivity index (χ0) is 16.4. The molecule has 0 spiro atoms. The van der Waals surface area contributed by atoms with Crippen LogP contribution in [0.2, 0.25) is 0 Å². The predicted octanol–water partition coefficient (Wildman–Crippen LogP) is 5.50. The zero-order valence-corrected chi connectivity index (χ0v) is 15.4. The van der Waals surface area contributed by atoms with E-state index in [-0.39, 0.29) is 6.10 Å². The molecule has 3 saturated carbocycles. The molecule has 0 aromatic heterocycles. The molecule has 1 N–H and O–H groups in total. The van der Waals surface area contributed by atoms with Gasteiger partial charge in [0.25, 0.3) is 0 Å². The highest BCUT2D eigenvalue weighted by Gasteiger charge is 2.56. The molecule has 23 heavy (non-hydrogen) atoms. The van der Waals surface area contributed by atoms with Gasteiger partial charge in [0.05, 0.1) is 6.10 Å². The first kappa shape index (κ1) is 15.9. The molecule has 0 aromatic rings. The van der Waals surface area contributed by atoms with E-state index in [0.29, 0.717) is 10.8 Å². The maximum absolute atomic E-state index is 10.1. The maximum atomic E-state index is 10.1. The highest BCUT2D eigenvalue weighted by atomic mass is 16.3. The molecular weight excluding hydrogens is 280 g/mol. The van der Waals surface area contributed by atoms with Gasteiger partial charge in [0.2, 0.25) is 0 Å². The molecule has 4 rings (SSSR count). The lowest BCUT2D eigenvalue weighted by atomic mass is 9.50. The first-order chi connectivity index (χ1) is 10.9. The van der Waals surface area contributed by atoms with Crippen LogP contribution in [0.1, 0.15) is 72.6 Å². The lowest BCUT2D eigenvalue weighted by molar-refractivity contribution is 0.0357. The quantitative estimate of drug-likeness (QED) is 0.677. The standard InChI is InChI=1S/C22H34O/c1-14(2)18-7-8-19-17-6-5-15-13-16(23)9-11-21(15,3)20(17)10-12-22(18,19)4/h5-6,14,16,18-20,23H,7-13H2,1-4H3/t16-,18+,19?,20?,21-,22+/m0/s1. The molecule has 1 heteroatoms. The molecule has 4 aliphatic carbocycles. The van der Waals surface area contributed by atoms with Crippen LogP contribution in [-0.2, 0) is 0 Å². The number of hydrogen-bond acceptors (Lipinski definition) is 1. The topological polar surface area (TPSA) is 20.2 Å². The molecular formula is C22H34O. The Bertz CT molecular complexity index is 556. The van der Waals surface area contributed by atoms with E-state index in [1.807, 2.05) is 0 Å². The average molecular weight is 315 g/mol. The van der Waals surface area contributed by atoms with E-state index in [9.17, 15) is 5.11 Å². The maximum Gasteiger partial charge on any atom is 0.0578 e. The number of aliphatic hydroxyl groups excluding tert-OH is 1. The van der Waals surface area contributed by atoms with Gasteiger partial charge in [-0.3, -0.25) is 0 Å². The van der Waals surface area contributed by atoms with Gasteiger partial charge in [0.15, 0.2) is 0 Å². The summed E-state index contributed by atoms with van der Waals surface area (Å²) in [7, 11) is 0. The summed E-state index contributed by atoms with van der Waals surface area (Å²) in [6.45, 7) is 9.96. The van der Waals surface area contributed by atoms with Crippen molar-refractivity contribution in [3.8, 4) is 0 Å². The summed E-state index contributed by atoms with van der Waals surface area (Å²) in [4.78, 5) is 0. The molecule has 0 heterocycles. The van der Waals surface area contributed by atoms with Crippen LogP contribution in [0.25, 0.3) is 0 Å². The molecule has 3 fully saturated rings. The molecule has 0 saturated heterocycles. The van der Waals surface area contributed by atoms with Crippen LogP contribution in [-0.4, -0.2) is 11.2 Å². The number of rotatable bonds is 1. The Morgan fingerprint density at radius 1 is 1.00 bits per heavy atom. The molecule has 0 bridgehead atoms. The minimum absolute atomic E-state index is 0.102. The van der Waals surface area contributed by atoms with Crippen molar-refractivity contribution in [3.05, 3.63) is 23.3 Å². The summed E-state index contributed by atoms with van der Waals surface area (Å²) in [5.74, 6) is 3.28. The average Bonchev–Trinajstić information content (AvgIpc) is 2.85. The van der Waals surface area contributed by atoms with Gasteiger partial charge < -0.3 is 5.11 Å². The van der Waals surface area contributed by atoms with E-state index in [0.717, 1.165) is 36.5 Å². The molecule has 0 aromatic carbocycles. The summed E-state index contributed by atoms with van der Waals surface area (Å²) in [5.41, 5.74) is 4.18. The van der Waals surface area contributed by atoms with Crippen LogP contribution in [0, 0.1) is 34.5 Å². The van der Waals surface area contributed by atoms with Crippen LogP contribution >= 0.6 is 0 Å². The van der Waals surface area contributed by atoms with Crippen molar-refractivity contribution >= 4 is 0 Å². The lowest BCUT2D eigenvalue weighted by Crippen LogP contribution is -2.46. The van der Waals surface area contributed by atoms with Crippen molar-refractivity contribution in [1.82, 2.24) is 0 Å². The number of fused-ring (bicyclic) bond motifs is 5. The van der Waals surface area contributed by atoms with E-state index in [1.165, 1.54) is 37.7 Å². The van der Waals surface area contributed by atoms with Gasteiger partial charge in [-0.25, -0.2) is 0 Å². The largest absolute Gasteiger partial charge is 0.393 e. The van der Waals surface area contributed by atoms with Crippen molar-refractivity contribution in [2.75, 3.05) is 0 Å². The van der Waals surface area contributed by atoms with E-state index in [4.69, 9.17) is 0 Å². The second-order valence-electron chi connectivity index (χ2n) is 9.75. The normalized spacial score (nSPS) is 49.1. The third kappa shape index (κ3) is 2.15. The highest BCUT2D eigenvalue weighted by molar-refractivity contribution is 5.38. The Balaban J connectivity index is 1.71. The summed E-state index contributed by atoms with van der Waals surface area (Å²) in [5, 5.41) is 10.1. The van der Waals surface area contributed by atoms with Gasteiger partial charge in [-0.05, 0) is 79.4 Å². The van der Waals surface area contributed by atoms with Crippen molar-refractivity contribution in [2.24, 2.45) is 34.5 Å².